The molecule has 0 fully saturated rings. The van der Waals surface area contributed by atoms with E-state index in [1.54, 1.807) is 0 Å². The Kier molecular flexibility index (Phi) is 5.80. The van der Waals surface area contributed by atoms with Crippen molar-refractivity contribution in [3.63, 3.8) is 0 Å². The van der Waals surface area contributed by atoms with E-state index in [4.69, 9.17) is 0 Å². The molecule has 0 amide bonds. The van der Waals surface area contributed by atoms with Crippen LogP contribution < -0.4 is 10.2 Å². The Hall–Kier alpha value is -1.09. The van der Waals surface area contributed by atoms with Crippen molar-refractivity contribution in [3.8, 4) is 0 Å². The van der Waals surface area contributed by atoms with E-state index in [1.165, 1.54) is 12.0 Å². The monoisotopic (exact) mass is 263 g/mol. The molecule has 0 saturated carbocycles. The van der Waals surface area contributed by atoms with Gasteiger partial charge >= 0.3 is 0 Å². The molecule has 108 valence electrons. The molecular formula is C16H29N3. The average molecular weight is 263 g/mol. The zero-order valence-corrected chi connectivity index (χ0v) is 13.3. The highest BCUT2D eigenvalue weighted by Crippen LogP contribution is 2.13. The van der Waals surface area contributed by atoms with Crippen LogP contribution in [0.5, 0.6) is 0 Å². The molecule has 0 bridgehead atoms. The van der Waals surface area contributed by atoms with Gasteiger partial charge in [-0.3, -0.25) is 0 Å². The summed E-state index contributed by atoms with van der Waals surface area (Å²) in [6.07, 6.45) is 3.18. The SMILES string of the molecule is CCC(C)CN(C)c1ccc(CNC(C)(C)C)cn1. The highest BCUT2D eigenvalue weighted by molar-refractivity contribution is 5.38. The van der Waals surface area contributed by atoms with Gasteiger partial charge in [-0.1, -0.05) is 26.3 Å². The van der Waals surface area contributed by atoms with Crippen LogP contribution in [0.3, 0.4) is 0 Å². The fourth-order valence-electron chi connectivity index (χ4n) is 1.80. The smallest absolute Gasteiger partial charge is 0.128 e. The number of hydrogen-bond donors (Lipinski definition) is 1. The van der Waals surface area contributed by atoms with Crippen LogP contribution in [0, 0.1) is 5.92 Å². The van der Waals surface area contributed by atoms with Gasteiger partial charge in [0.05, 0.1) is 0 Å². The van der Waals surface area contributed by atoms with Crippen LogP contribution in [-0.4, -0.2) is 24.1 Å². The minimum absolute atomic E-state index is 0.145. The molecule has 1 aromatic heterocycles. The maximum absolute atomic E-state index is 4.55. The van der Waals surface area contributed by atoms with E-state index in [0.717, 1.165) is 18.9 Å². The van der Waals surface area contributed by atoms with Gasteiger partial charge in [0.2, 0.25) is 0 Å². The number of pyridine rings is 1. The molecule has 0 aliphatic rings. The summed E-state index contributed by atoms with van der Waals surface area (Å²) >= 11 is 0. The largest absolute Gasteiger partial charge is 0.359 e. The fourth-order valence-corrected chi connectivity index (χ4v) is 1.80. The molecule has 0 saturated heterocycles. The molecule has 0 aromatic carbocycles. The molecule has 0 spiro atoms. The molecule has 1 N–H and O–H groups in total. The fraction of sp³-hybridized carbons (Fsp3) is 0.688. The van der Waals surface area contributed by atoms with Gasteiger partial charge in [0.25, 0.3) is 0 Å². The number of anilines is 1. The lowest BCUT2D eigenvalue weighted by Gasteiger charge is -2.23. The highest BCUT2D eigenvalue weighted by Gasteiger charge is 2.09. The average Bonchev–Trinajstić information content (AvgIpc) is 2.36. The van der Waals surface area contributed by atoms with E-state index in [9.17, 15) is 0 Å². The summed E-state index contributed by atoms with van der Waals surface area (Å²) in [5.41, 5.74) is 1.38. The lowest BCUT2D eigenvalue weighted by Crippen LogP contribution is -2.35. The minimum Gasteiger partial charge on any atom is -0.359 e. The van der Waals surface area contributed by atoms with Crippen molar-refractivity contribution in [1.82, 2.24) is 10.3 Å². The zero-order valence-electron chi connectivity index (χ0n) is 13.3. The first-order chi connectivity index (χ1) is 8.81. The lowest BCUT2D eigenvalue weighted by atomic mass is 10.1. The van der Waals surface area contributed by atoms with Gasteiger partial charge in [0.15, 0.2) is 0 Å². The molecular weight excluding hydrogens is 234 g/mol. The third-order valence-corrected chi connectivity index (χ3v) is 3.31. The van der Waals surface area contributed by atoms with Gasteiger partial charge in [-0.05, 0) is 38.3 Å². The molecule has 1 rings (SSSR count). The van der Waals surface area contributed by atoms with Crippen molar-refractivity contribution in [2.75, 3.05) is 18.5 Å². The summed E-state index contributed by atoms with van der Waals surface area (Å²) < 4.78 is 0. The first-order valence-electron chi connectivity index (χ1n) is 7.23. The zero-order chi connectivity index (χ0) is 14.5. The van der Waals surface area contributed by atoms with Crippen LogP contribution in [0.15, 0.2) is 18.3 Å². The normalized spacial score (nSPS) is 13.4. The van der Waals surface area contributed by atoms with Crippen LogP contribution in [0.4, 0.5) is 5.82 Å². The number of hydrogen-bond acceptors (Lipinski definition) is 3. The van der Waals surface area contributed by atoms with Crippen molar-refractivity contribution >= 4 is 5.82 Å². The highest BCUT2D eigenvalue weighted by atomic mass is 15.2. The molecule has 1 heterocycles. The van der Waals surface area contributed by atoms with E-state index < -0.39 is 0 Å². The first-order valence-corrected chi connectivity index (χ1v) is 7.23. The number of nitrogens with one attached hydrogen (secondary N) is 1. The van der Waals surface area contributed by atoms with Crippen LogP contribution >= 0.6 is 0 Å². The summed E-state index contributed by atoms with van der Waals surface area (Å²) in [7, 11) is 2.11. The molecule has 0 radical (unpaired) electrons. The summed E-state index contributed by atoms with van der Waals surface area (Å²) in [5.74, 6) is 1.76. The predicted molar refractivity (Wildman–Crippen MR) is 83.6 cm³/mol. The van der Waals surface area contributed by atoms with Gasteiger partial charge in [-0.2, -0.15) is 0 Å². The van der Waals surface area contributed by atoms with Crippen molar-refractivity contribution < 1.29 is 0 Å². The van der Waals surface area contributed by atoms with Crippen molar-refractivity contribution in [2.24, 2.45) is 5.92 Å². The first kappa shape index (κ1) is 16.0. The standard InChI is InChI=1S/C16H29N3/c1-7-13(2)12-19(6)15-9-8-14(10-17-15)11-18-16(3,4)5/h8-10,13,18H,7,11-12H2,1-6H3. The van der Waals surface area contributed by atoms with E-state index >= 15 is 0 Å². The van der Waals surface area contributed by atoms with Crippen LogP contribution in [0.2, 0.25) is 0 Å². The van der Waals surface area contributed by atoms with Crippen molar-refractivity contribution in [3.05, 3.63) is 23.9 Å². The lowest BCUT2D eigenvalue weighted by molar-refractivity contribution is 0.424. The Balaban J connectivity index is 2.56. The summed E-state index contributed by atoms with van der Waals surface area (Å²) in [4.78, 5) is 6.78. The Morgan fingerprint density at radius 2 is 2.00 bits per heavy atom. The summed E-state index contributed by atoms with van der Waals surface area (Å²) in [6.45, 7) is 13.0. The molecule has 1 aromatic rings. The molecule has 3 nitrogen and oxygen atoms in total. The molecule has 1 unspecified atom stereocenters. The topological polar surface area (TPSA) is 28.2 Å². The Bertz CT molecular complexity index is 365. The van der Waals surface area contributed by atoms with Crippen LogP contribution in [0.1, 0.15) is 46.6 Å². The van der Waals surface area contributed by atoms with Crippen LogP contribution in [-0.2, 0) is 6.54 Å². The van der Waals surface area contributed by atoms with Gasteiger partial charge < -0.3 is 10.2 Å². The van der Waals surface area contributed by atoms with E-state index in [2.05, 4.69) is 69.0 Å². The Morgan fingerprint density at radius 3 is 2.47 bits per heavy atom. The molecule has 0 aliphatic heterocycles. The second-order valence-corrected chi connectivity index (χ2v) is 6.52. The second-order valence-electron chi connectivity index (χ2n) is 6.52. The maximum atomic E-state index is 4.55. The van der Waals surface area contributed by atoms with Gasteiger partial charge in [-0.15, -0.1) is 0 Å². The third kappa shape index (κ3) is 6.06. The molecule has 1 atom stereocenters. The quantitative estimate of drug-likeness (QED) is 0.852. The van der Waals surface area contributed by atoms with E-state index in [-0.39, 0.29) is 5.54 Å². The van der Waals surface area contributed by atoms with Gasteiger partial charge in [-0.25, -0.2) is 4.98 Å². The number of nitrogens with zero attached hydrogens (tertiary/aromatic N) is 2. The second kappa shape index (κ2) is 6.90. The van der Waals surface area contributed by atoms with Crippen molar-refractivity contribution in [1.29, 1.82) is 0 Å². The van der Waals surface area contributed by atoms with E-state index in [1.807, 2.05) is 6.20 Å². The summed E-state index contributed by atoms with van der Waals surface area (Å²) in [5, 5.41) is 3.47. The van der Waals surface area contributed by atoms with E-state index in [0.29, 0.717) is 5.92 Å². The van der Waals surface area contributed by atoms with Crippen LogP contribution in [0.25, 0.3) is 0 Å². The predicted octanol–water partition coefficient (Wildman–Crippen LogP) is 3.45. The van der Waals surface area contributed by atoms with Gasteiger partial charge in [0.1, 0.15) is 5.82 Å². The maximum Gasteiger partial charge on any atom is 0.128 e. The minimum atomic E-state index is 0.145. The Labute approximate surface area is 118 Å². The third-order valence-electron chi connectivity index (χ3n) is 3.31. The molecule has 0 aliphatic carbocycles. The molecule has 3 heteroatoms. The number of aromatic nitrogens is 1. The number of rotatable bonds is 6. The van der Waals surface area contributed by atoms with Crippen molar-refractivity contribution in [2.45, 2.75) is 53.1 Å². The Morgan fingerprint density at radius 1 is 1.32 bits per heavy atom. The summed E-state index contributed by atoms with van der Waals surface area (Å²) in [6, 6.07) is 4.27. The van der Waals surface area contributed by atoms with Gasteiger partial charge in [0, 0.05) is 31.9 Å². The molecule has 19 heavy (non-hydrogen) atoms.